The molecule has 0 spiro atoms. The summed E-state index contributed by atoms with van der Waals surface area (Å²) in [5.41, 5.74) is -0.323. The predicted octanol–water partition coefficient (Wildman–Crippen LogP) is 1.64. The van der Waals surface area contributed by atoms with Crippen LogP contribution in [-0.2, 0) is 10.2 Å². The highest BCUT2D eigenvalue weighted by Gasteiger charge is 2.45. The molecule has 0 amide bonds. The molecule has 1 aliphatic carbocycles. The van der Waals surface area contributed by atoms with Crippen LogP contribution in [0.3, 0.4) is 0 Å². The number of ketones is 2. The number of nitro groups is 1. The van der Waals surface area contributed by atoms with E-state index >= 15 is 0 Å². The van der Waals surface area contributed by atoms with E-state index in [-0.39, 0.29) is 11.3 Å². The molecule has 0 fully saturated rings. The Labute approximate surface area is 91.2 Å². The Balaban J connectivity index is 2.68. The number of hydrogen-bond donors (Lipinski definition) is 0. The zero-order valence-electron chi connectivity index (χ0n) is 8.81. The summed E-state index contributed by atoms with van der Waals surface area (Å²) in [4.78, 5) is 33.2. The molecule has 0 unspecified atom stereocenters. The highest BCUT2D eigenvalue weighted by atomic mass is 16.6. The first kappa shape index (κ1) is 10.5. The maximum atomic E-state index is 11.6. The molecule has 82 valence electrons. The third-order valence-electron chi connectivity index (χ3n) is 2.91. The summed E-state index contributed by atoms with van der Waals surface area (Å²) in [6.45, 7) is 3.29. The first-order valence-electron chi connectivity index (χ1n) is 4.74. The van der Waals surface area contributed by atoms with Crippen LogP contribution in [0, 0.1) is 10.1 Å². The summed E-state index contributed by atoms with van der Waals surface area (Å²) in [6.07, 6.45) is 0. The van der Waals surface area contributed by atoms with E-state index in [2.05, 4.69) is 0 Å². The van der Waals surface area contributed by atoms with Gasteiger partial charge in [0.25, 0.3) is 5.69 Å². The van der Waals surface area contributed by atoms with Crippen LogP contribution in [0.5, 0.6) is 0 Å². The van der Waals surface area contributed by atoms with Gasteiger partial charge in [-0.1, -0.05) is 6.07 Å². The van der Waals surface area contributed by atoms with Gasteiger partial charge in [-0.2, -0.15) is 0 Å². The van der Waals surface area contributed by atoms with E-state index in [1.165, 1.54) is 18.2 Å². The van der Waals surface area contributed by atoms with Crippen molar-refractivity contribution in [3.05, 3.63) is 39.4 Å². The fourth-order valence-electron chi connectivity index (χ4n) is 1.91. The van der Waals surface area contributed by atoms with Gasteiger partial charge in [0, 0.05) is 17.7 Å². The lowest BCUT2D eigenvalue weighted by Crippen LogP contribution is -2.26. The molecule has 0 aliphatic heterocycles. The second kappa shape index (κ2) is 2.98. The molecule has 0 heterocycles. The van der Waals surface area contributed by atoms with Crippen molar-refractivity contribution in [3.8, 4) is 0 Å². The molecule has 2 rings (SSSR count). The Morgan fingerprint density at radius 3 is 2.44 bits per heavy atom. The van der Waals surface area contributed by atoms with Gasteiger partial charge in [-0.15, -0.1) is 0 Å². The molecule has 1 aromatic carbocycles. The number of nitro benzene ring substituents is 1. The van der Waals surface area contributed by atoms with Crippen molar-refractivity contribution in [3.63, 3.8) is 0 Å². The molecule has 0 saturated heterocycles. The lowest BCUT2D eigenvalue weighted by atomic mass is 9.86. The summed E-state index contributed by atoms with van der Waals surface area (Å²) in [6, 6.07) is 3.97. The lowest BCUT2D eigenvalue weighted by Gasteiger charge is -2.15. The van der Waals surface area contributed by atoms with Crippen molar-refractivity contribution in [1.82, 2.24) is 0 Å². The number of fused-ring (bicyclic) bond motifs is 1. The van der Waals surface area contributed by atoms with Crippen molar-refractivity contribution in [2.24, 2.45) is 0 Å². The van der Waals surface area contributed by atoms with Crippen molar-refractivity contribution in [1.29, 1.82) is 0 Å². The van der Waals surface area contributed by atoms with Crippen molar-refractivity contribution in [2.75, 3.05) is 0 Å². The van der Waals surface area contributed by atoms with Gasteiger partial charge in [0.05, 0.1) is 10.3 Å². The van der Waals surface area contributed by atoms with Crippen LogP contribution >= 0.6 is 0 Å². The Hall–Kier alpha value is -2.04. The number of benzene rings is 1. The number of nitrogens with zero attached hydrogens (tertiary/aromatic N) is 1. The number of carbonyl (C=O) groups is 2. The maximum absolute atomic E-state index is 11.6. The van der Waals surface area contributed by atoms with Gasteiger partial charge < -0.3 is 0 Å². The van der Waals surface area contributed by atoms with Crippen LogP contribution in [-0.4, -0.2) is 16.5 Å². The quantitative estimate of drug-likeness (QED) is 0.408. The lowest BCUT2D eigenvalue weighted by molar-refractivity contribution is -0.384. The largest absolute Gasteiger partial charge is 0.289 e. The zero-order valence-corrected chi connectivity index (χ0v) is 8.81. The van der Waals surface area contributed by atoms with E-state index < -0.39 is 21.9 Å². The predicted molar refractivity (Wildman–Crippen MR) is 55.5 cm³/mol. The smallest absolute Gasteiger partial charge is 0.270 e. The van der Waals surface area contributed by atoms with Crippen LogP contribution in [0.25, 0.3) is 0 Å². The maximum Gasteiger partial charge on any atom is 0.270 e. The average molecular weight is 219 g/mol. The first-order valence-corrected chi connectivity index (χ1v) is 4.74. The average Bonchev–Trinajstić information content (AvgIpc) is 2.40. The second-order valence-electron chi connectivity index (χ2n) is 4.27. The minimum atomic E-state index is -0.873. The Morgan fingerprint density at radius 1 is 1.25 bits per heavy atom. The zero-order chi connectivity index (χ0) is 12.1. The minimum absolute atomic E-state index is 0.157. The monoisotopic (exact) mass is 219 g/mol. The summed E-state index contributed by atoms with van der Waals surface area (Å²) in [5.74, 6) is -1.15. The van der Waals surface area contributed by atoms with Gasteiger partial charge in [-0.25, -0.2) is 0 Å². The summed E-state index contributed by atoms with van der Waals surface area (Å²) in [5, 5.41) is 10.6. The first-order chi connectivity index (χ1) is 7.35. The molecule has 5 nitrogen and oxygen atoms in total. The SMILES string of the molecule is CC1(C)C(=O)C(=O)c2cc([N+](=O)[O-])ccc21. The van der Waals surface area contributed by atoms with Crippen LogP contribution in [0.4, 0.5) is 5.69 Å². The molecule has 1 aliphatic rings. The van der Waals surface area contributed by atoms with Gasteiger partial charge in [-0.05, 0) is 19.4 Å². The number of carbonyl (C=O) groups excluding carboxylic acids is 2. The summed E-state index contributed by atoms with van der Waals surface area (Å²) >= 11 is 0. The fourth-order valence-corrected chi connectivity index (χ4v) is 1.91. The van der Waals surface area contributed by atoms with Gasteiger partial charge in [0.1, 0.15) is 0 Å². The number of rotatable bonds is 1. The summed E-state index contributed by atoms with van der Waals surface area (Å²) in [7, 11) is 0. The van der Waals surface area contributed by atoms with Gasteiger partial charge in [0.2, 0.25) is 11.6 Å². The molecule has 0 radical (unpaired) electrons. The van der Waals surface area contributed by atoms with E-state index in [9.17, 15) is 19.7 Å². The van der Waals surface area contributed by atoms with Gasteiger partial charge in [-0.3, -0.25) is 19.7 Å². The second-order valence-corrected chi connectivity index (χ2v) is 4.27. The Bertz CT molecular complexity index is 531. The minimum Gasteiger partial charge on any atom is -0.289 e. The third kappa shape index (κ3) is 1.18. The van der Waals surface area contributed by atoms with E-state index in [1.54, 1.807) is 13.8 Å². The highest BCUT2D eigenvalue weighted by molar-refractivity contribution is 6.50. The van der Waals surface area contributed by atoms with Crippen molar-refractivity contribution < 1.29 is 14.5 Å². The molecule has 0 saturated carbocycles. The number of Topliss-reactive ketones (excluding diaryl/α,β-unsaturated/α-hetero) is 2. The van der Waals surface area contributed by atoms with Crippen LogP contribution in [0.1, 0.15) is 29.8 Å². The number of hydrogen-bond acceptors (Lipinski definition) is 4. The molecular weight excluding hydrogens is 210 g/mol. The normalized spacial score (nSPS) is 17.4. The fraction of sp³-hybridized carbons (Fsp3) is 0.273. The van der Waals surface area contributed by atoms with E-state index in [0.717, 1.165) is 0 Å². The van der Waals surface area contributed by atoms with Crippen LogP contribution < -0.4 is 0 Å². The molecule has 1 aromatic rings. The highest BCUT2D eigenvalue weighted by Crippen LogP contribution is 2.37. The Morgan fingerprint density at radius 2 is 1.88 bits per heavy atom. The molecule has 16 heavy (non-hydrogen) atoms. The van der Waals surface area contributed by atoms with Crippen molar-refractivity contribution >= 4 is 17.3 Å². The van der Waals surface area contributed by atoms with Crippen LogP contribution in [0.2, 0.25) is 0 Å². The topological polar surface area (TPSA) is 77.3 Å². The molecule has 0 aromatic heterocycles. The van der Waals surface area contributed by atoms with E-state index in [0.29, 0.717) is 5.56 Å². The van der Waals surface area contributed by atoms with Gasteiger partial charge >= 0.3 is 0 Å². The molecule has 5 heteroatoms. The molecule has 0 atom stereocenters. The van der Waals surface area contributed by atoms with E-state index in [4.69, 9.17) is 0 Å². The van der Waals surface area contributed by atoms with Crippen LogP contribution in [0.15, 0.2) is 18.2 Å². The Kier molecular flexibility index (Phi) is 1.95. The van der Waals surface area contributed by atoms with E-state index in [1.807, 2.05) is 0 Å². The van der Waals surface area contributed by atoms with Crippen molar-refractivity contribution in [2.45, 2.75) is 19.3 Å². The summed E-state index contributed by atoms with van der Waals surface area (Å²) < 4.78 is 0. The molecule has 0 bridgehead atoms. The molecular formula is C11H9NO4. The number of non-ortho nitro benzene ring substituents is 1. The molecule has 0 N–H and O–H groups in total. The standard InChI is InChI=1S/C11H9NO4/c1-11(2)8-4-3-6(12(15)16)5-7(8)9(13)10(11)14/h3-5H,1-2H3. The third-order valence-corrected chi connectivity index (χ3v) is 2.91. The van der Waals surface area contributed by atoms with Gasteiger partial charge in [0.15, 0.2) is 0 Å².